The normalized spacial score (nSPS) is 35.0. The van der Waals surface area contributed by atoms with Crippen LogP contribution in [0, 0.1) is 17.8 Å². The van der Waals surface area contributed by atoms with E-state index in [9.17, 15) is 4.79 Å². The second-order valence-electron chi connectivity index (χ2n) is 6.74. The Hall–Kier alpha value is -0.710. The van der Waals surface area contributed by atoms with Crippen LogP contribution in [0.1, 0.15) is 47.0 Å². The van der Waals surface area contributed by atoms with Crippen LogP contribution in [0.5, 0.6) is 0 Å². The van der Waals surface area contributed by atoms with Gasteiger partial charge in [0.1, 0.15) is 6.10 Å². The third kappa shape index (κ3) is 5.18. The van der Waals surface area contributed by atoms with Crippen molar-refractivity contribution in [1.82, 2.24) is 0 Å². The first-order valence-electron chi connectivity index (χ1n) is 8.61. The van der Waals surface area contributed by atoms with E-state index in [0.717, 1.165) is 12.8 Å². The SMILES string of the molecule is CCOC(C)OCC1/C=C\C(C(C)C)CCC(=O)C2OC2C1. The van der Waals surface area contributed by atoms with Crippen molar-refractivity contribution in [2.45, 2.75) is 65.5 Å². The molecule has 0 saturated carbocycles. The van der Waals surface area contributed by atoms with Gasteiger partial charge in [-0.2, -0.15) is 0 Å². The molecule has 1 aliphatic heterocycles. The highest BCUT2D eigenvalue weighted by atomic mass is 16.7. The Morgan fingerprint density at radius 2 is 2.05 bits per heavy atom. The van der Waals surface area contributed by atoms with Gasteiger partial charge in [-0.05, 0) is 38.5 Å². The number of carbonyl (C=O) groups excluding carboxylic acids is 1. The molecule has 22 heavy (non-hydrogen) atoms. The molecule has 0 aromatic rings. The summed E-state index contributed by atoms with van der Waals surface area (Å²) in [7, 11) is 0. The number of hydrogen-bond acceptors (Lipinski definition) is 4. The van der Waals surface area contributed by atoms with E-state index in [1.54, 1.807) is 0 Å². The molecule has 4 heteroatoms. The molecule has 4 nitrogen and oxygen atoms in total. The molecule has 2 rings (SSSR count). The molecule has 0 bridgehead atoms. The quantitative estimate of drug-likeness (QED) is 0.429. The zero-order chi connectivity index (χ0) is 16.1. The van der Waals surface area contributed by atoms with Crippen LogP contribution in [0.25, 0.3) is 0 Å². The molecule has 0 aromatic heterocycles. The molecule has 5 atom stereocenters. The summed E-state index contributed by atoms with van der Waals surface area (Å²) in [6.45, 7) is 9.58. The monoisotopic (exact) mass is 310 g/mol. The molecule has 1 fully saturated rings. The summed E-state index contributed by atoms with van der Waals surface area (Å²) in [6, 6.07) is 0. The predicted octanol–water partition coefficient (Wildman–Crippen LogP) is 3.35. The molecule has 1 heterocycles. The molecular weight excluding hydrogens is 280 g/mol. The maximum atomic E-state index is 12.1. The molecule has 0 amide bonds. The van der Waals surface area contributed by atoms with Gasteiger partial charge in [0.05, 0.1) is 12.7 Å². The van der Waals surface area contributed by atoms with Crippen molar-refractivity contribution in [3.63, 3.8) is 0 Å². The first-order chi connectivity index (χ1) is 10.5. The summed E-state index contributed by atoms with van der Waals surface area (Å²) in [5.41, 5.74) is 0. The largest absolute Gasteiger partial charge is 0.361 e. The van der Waals surface area contributed by atoms with Crippen LogP contribution in [0.4, 0.5) is 0 Å². The smallest absolute Gasteiger partial charge is 0.164 e. The van der Waals surface area contributed by atoms with Gasteiger partial charge in [-0.1, -0.05) is 26.0 Å². The van der Waals surface area contributed by atoms with E-state index in [4.69, 9.17) is 14.2 Å². The highest BCUT2D eigenvalue weighted by molar-refractivity contribution is 5.85. The summed E-state index contributed by atoms with van der Waals surface area (Å²) >= 11 is 0. The Labute approximate surface area is 134 Å². The fourth-order valence-corrected chi connectivity index (χ4v) is 3.05. The average molecular weight is 310 g/mol. The van der Waals surface area contributed by atoms with Crippen molar-refractivity contribution >= 4 is 5.78 Å². The number of epoxide rings is 1. The van der Waals surface area contributed by atoms with E-state index in [1.165, 1.54) is 0 Å². The first-order valence-corrected chi connectivity index (χ1v) is 8.61. The zero-order valence-corrected chi connectivity index (χ0v) is 14.3. The van der Waals surface area contributed by atoms with Gasteiger partial charge in [0, 0.05) is 18.9 Å². The van der Waals surface area contributed by atoms with E-state index >= 15 is 0 Å². The third-order valence-corrected chi connectivity index (χ3v) is 4.59. The topological polar surface area (TPSA) is 48.1 Å². The lowest BCUT2D eigenvalue weighted by atomic mass is 9.86. The maximum Gasteiger partial charge on any atom is 0.164 e. The molecule has 1 aliphatic carbocycles. The lowest BCUT2D eigenvalue weighted by molar-refractivity contribution is -0.133. The van der Waals surface area contributed by atoms with Gasteiger partial charge in [-0.3, -0.25) is 4.79 Å². The first kappa shape index (κ1) is 17.6. The van der Waals surface area contributed by atoms with Gasteiger partial charge < -0.3 is 14.2 Å². The van der Waals surface area contributed by atoms with Crippen LogP contribution < -0.4 is 0 Å². The molecule has 126 valence electrons. The molecular formula is C18H30O4. The molecule has 2 aliphatic rings. The van der Waals surface area contributed by atoms with Crippen LogP contribution in [0.2, 0.25) is 0 Å². The number of ether oxygens (including phenoxy) is 3. The summed E-state index contributed by atoms with van der Waals surface area (Å²) in [6.07, 6.45) is 6.69. The number of fused-ring (bicyclic) bond motifs is 1. The second-order valence-corrected chi connectivity index (χ2v) is 6.74. The predicted molar refractivity (Wildman–Crippen MR) is 85.5 cm³/mol. The Bertz CT molecular complexity index is 391. The summed E-state index contributed by atoms with van der Waals surface area (Å²) < 4.78 is 16.8. The maximum absolute atomic E-state index is 12.1. The van der Waals surface area contributed by atoms with Crippen molar-refractivity contribution < 1.29 is 19.0 Å². The third-order valence-electron chi connectivity index (χ3n) is 4.59. The molecule has 0 radical (unpaired) electrons. The van der Waals surface area contributed by atoms with E-state index in [-0.39, 0.29) is 30.2 Å². The van der Waals surface area contributed by atoms with Crippen LogP contribution >= 0.6 is 0 Å². The number of hydrogen-bond donors (Lipinski definition) is 0. The highest BCUT2D eigenvalue weighted by Gasteiger charge is 2.45. The second kappa shape index (κ2) is 8.23. The minimum atomic E-state index is -0.188. The van der Waals surface area contributed by atoms with E-state index in [2.05, 4.69) is 26.0 Å². The average Bonchev–Trinajstić information content (AvgIpc) is 3.23. The van der Waals surface area contributed by atoms with Gasteiger partial charge in [0.25, 0.3) is 0 Å². The van der Waals surface area contributed by atoms with Gasteiger partial charge in [0.2, 0.25) is 0 Å². The lowest BCUT2D eigenvalue weighted by Gasteiger charge is -2.20. The van der Waals surface area contributed by atoms with Gasteiger partial charge >= 0.3 is 0 Å². The van der Waals surface area contributed by atoms with Crippen molar-refractivity contribution in [3.05, 3.63) is 12.2 Å². The van der Waals surface area contributed by atoms with Crippen molar-refractivity contribution in [2.75, 3.05) is 13.2 Å². The van der Waals surface area contributed by atoms with Gasteiger partial charge in [-0.25, -0.2) is 0 Å². The molecule has 0 aromatic carbocycles. The number of allylic oxidation sites excluding steroid dienone is 1. The van der Waals surface area contributed by atoms with Crippen molar-refractivity contribution in [2.24, 2.45) is 17.8 Å². The zero-order valence-electron chi connectivity index (χ0n) is 14.3. The molecule has 0 N–H and O–H groups in total. The Balaban J connectivity index is 1.96. The summed E-state index contributed by atoms with van der Waals surface area (Å²) in [5, 5.41) is 0. The Morgan fingerprint density at radius 1 is 1.27 bits per heavy atom. The van der Waals surface area contributed by atoms with Crippen LogP contribution in [0.3, 0.4) is 0 Å². The van der Waals surface area contributed by atoms with Gasteiger partial charge in [-0.15, -0.1) is 0 Å². The number of rotatable bonds is 6. The number of ketones is 1. The minimum Gasteiger partial charge on any atom is -0.361 e. The number of Topliss-reactive ketones (excluding diaryl/α,β-unsaturated/α-hetero) is 1. The lowest BCUT2D eigenvalue weighted by Crippen LogP contribution is -2.21. The van der Waals surface area contributed by atoms with E-state index in [1.807, 2.05) is 13.8 Å². The Morgan fingerprint density at radius 3 is 2.73 bits per heavy atom. The molecule has 5 unspecified atom stereocenters. The fraction of sp³-hybridized carbons (Fsp3) is 0.833. The van der Waals surface area contributed by atoms with Crippen LogP contribution in [-0.2, 0) is 19.0 Å². The minimum absolute atomic E-state index is 0.0868. The summed E-state index contributed by atoms with van der Waals surface area (Å²) in [4.78, 5) is 12.1. The van der Waals surface area contributed by atoms with Gasteiger partial charge in [0.15, 0.2) is 12.1 Å². The van der Waals surface area contributed by atoms with Crippen LogP contribution in [0.15, 0.2) is 12.2 Å². The number of carbonyl (C=O) groups is 1. The van der Waals surface area contributed by atoms with E-state index in [0.29, 0.717) is 31.5 Å². The van der Waals surface area contributed by atoms with Crippen molar-refractivity contribution in [1.29, 1.82) is 0 Å². The Kier molecular flexibility index (Phi) is 6.60. The highest BCUT2D eigenvalue weighted by Crippen LogP contribution is 2.34. The standard InChI is InChI=1S/C18H30O4/c1-5-20-13(4)21-11-14-6-7-15(12(2)3)8-9-16(19)18-17(10-14)22-18/h6-7,12-15,17-18H,5,8-11H2,1-4H3/b7-6-. The summed E-state index contributed by atoms with van der Waals surface area (Å²) in [5.74, 6) is 1.55. The molecule has 0 spiro atoms. The van der Waals surface area contributed by atoms with Crippen molar-refractivity contribution in [3.8, 4) is 0 Å². The fourth-order valence-electron chi connectivity index (χ4n) is 3.05. The van der Waals surface area contributed by atoms with Crippen LogP contribution in [-0.4, -0.2) is 37.5 Å². The van der Waals surface area contributed by atoms with E-state index < -0.39 is 0 Å². The molecule has 1 saturated heterocycles.